The Labute approximate surface area is 190 Å². The Balaban J connectivity index is 0.00000420. The molecule has 0 atom stereocenters. The number of rotatable bonds is 9. The highest BCUT2D eigenvalue weighted by Gasteiger charge is 2.05. The number of methoxy groups -OCH3 is 2. The minimum absolute atomic E-state index is 0. The zero-order valence-electron chi connectivity index (χ0n) is 17.9. The smallest absolute Gasteiger partial charge is 0.191 e. The molecule has 29 heavy (non-hydrogen) atoms. The Hall–Kier alpha value is -2.23. The fourth-order valence-electron chi connectivity index (χ4n) is 2.67. The summed E-state index contributed by atoms with van der Waals surface area (Å²) in [5.74, 6) is 3.19. The third-order valence-electron chi connectivity index (χ3n) is 4.15. The fourth-order valence-corrected chi connectivity index (χ4v) is 2.67. The molecular formula is C21H32IN5O2. The Morgan fingerprint density at radius 3 is 2.48 bits per heavy atom. The van der Waals surface area contributed by atoms with Crippen molar-refractivity contribution in [2.24, 2.45) is 4.99 Å². The first kappa shape index (κ1) is 24.8. The quantitative estimate of drug-likeness (QED) is 0.305. The number of guanidine groups is 1. The molecule has 7 nitrogen and oxygen atoms in total. The summed E-state index contributed by atoms with van der Waals surface area (Å²) in [4.78, 5) is 11.2. The summed E-state index contributed by atoms with van der Waals surface area (Å²) < 4.78 is 10.6. The molecule has 0 saturated carbocycles. The van der Waals surface area contributed by atoms with Crippen molar-refractivity contribution in [2.75, 3.05) is 46.3 Å². The van der Waals surface area contributed by atoms with Crippen LogP contribution in [0.5, 0.6) is 11.5 Å². The van der Waals surface area contributed by atoms with Crippen molar-refractivity contribution in [3.8, 4) is 11.5 Å². The van der Waals surface area contributed by atoms with Gasteiger partial charge in [-0.05, 0) is 43.2 Å². The van der Waals surface area contributed by atoms with E-state index in [1.807, 2.05) is 55.4 Å². The van der Waals surface area contributed by atoms with Gasteiger partial charge in [0.15, 0.2) is 17.5 Å². The summed E-state index contributed by atoms with van der Waals surface area (Å²) in [6.45, 7) is 4.13. The number of pyridine rings is 1. The average molecular weight is 513 g/mol. The van der Waals surface area contributed by atoms with E-state index < -0.39 is 0 Å². The third kappa shape index (κ3) is 7.96. The monoisotopic (exact) mass is 513 g/mol. The molecule has 1 heterocycles. The molecule has 0 aliphatic heterocycles. The van der Waals surface area contributed by atoms with Gasteiger partial charge in [-0.25, -0.2) is 9.98 Å². The maximum absolute atomic E-state index is 5.36. The Kier molecular flexibility index (Phi) is 11.2. The molecule has 0 unspecified atom stereocenters. The molecule has 0 bridgehead atoms. The lowest BCUT2D eigenvalue weighted by Crippen LogP contribution is -2.38. The predicted octanol–water partition coefficient (Wildman–Crippen LogP) is 3.08. The number of aromatic nitrogens is 1. The van der Waals surface area contributed by atoms with Gasteiger partial charge < -0.3 is 25.0 Å². The van der Waals surface area contributed by atoms with E-state index in [-0.39, 0.29) is 24.0 Å². The van der Waals surface area contributed by atoms with Crippen LogP contribution in [-0.2, 0) is 13.0 Å². The molecule has 2 N–H and O–H groups in total. The normalized spacial score (nSPS) is 10.7. The topological polar surface area (TPSA) is 71.0 Å². The molecule has 0 saturated heterocycles. The summed E-state index contributed by atoms with van der Waals surface area (Å²) in [7, 11) is 7.25. The van der Waals surface area contributed by atoms with E-state index in [1.165, 1.54) is 5.56 Å². The standard InChI is InChI=1S/C21H31N5O2.HI/c1-6-22-21(24-15-17-8-7-9-20(25-17)26(2)3)23-13-12-16-10-11-18(27-4)19(14-16)28-5;/h7-11,14H,6,12-13,15H2,1-5H3,(H2,22,23,24);1H. The molecule has 160 valence electrons. The first-order valence-corrected chi connectivity index (χ1v) is 9.43. The maximum atomic E-state index is 5.36. The number of nitrogens with one attached hydrogen (secondary N) is 2. The number of aliphatic imine (C=N–C) groups is 1. The number of anilines is 1. The first-order valence-electron chi connectivity index (χ1n) is 9.43. The number of ether oxygens (including phenoxy) is 2. The van der Waals surface area contributed by atoms with Crippen LogP contribution in [0.1, 0.15) is 18.2 Å². The summed E-state index contributed by atoms with van der Waals surface area (Å²) in [6, 6.07) is 12.0. The second-order valence-electron chi connectivity index (χ2n) is 6.44. The zero-order chi connectivity index (χ0) is 20.4. The minimum Gasteiger partial charge on any atom is -0.493 e. The van der Waals surface area contributed by atoms with Crippen molar-refractivity contribution in [2.45, 2.75) is 19.9 Å². The van der Waals surface area contributed by atoms with E-state index >= 15 is 0 Å². The van der Waals surface area contributed by atoms with Crippen LogP contribution in [0.4, 0.5) is 5.82 Å². The highest BCUT2D eigenvalue weighted by Crippen LogP contribution is 2.27. The molecule has 0 radical (unpaired) electrons. The Morgan fingerprint density at radius 1 is 1.07 bits per heavy atom. The summed E-state index contributed by atoms with van der Waals surface area (Å²) in [5, 5.41) is 6.64. The SMILES string of the molecule is CCNC(=NCc1cccc(N(C)C)n1)NCCc1ccc(OC)c(OC)c1.I. The lowest BCUT2D eigenvalue weighted by molar-refractivity contribution is 0.354. The summed E-state index contributed by atoms with van der Waals surface area (Å²) in [6.07, 6.45) is 0.846. The van der Waals surface area contributed by atoms with E-state index in [1.54, 1.807) is 14.2 Å². The van der Waals surface area contributed by atoms with Crippen LogP contribution in [0, 0.1) is 0 Å². The summed E-state index contributed by atoms with van der Waals surface area (Å²) in [5.41, 5.74) is 2.10. The van der Waals surface area contributed by atoms with Crippen molar-refractivity contribution in [1.82, 2.24) is 15.6 Å². The van der Waals surface area contributed by atoms with Gasteiger partial charge in [-0.1, -0.05) is 12.1 Å². The number of hydrogen-bond donors (Lipinski definition) is 2. The molecule has 0 fully saturated rings. The summed E-state index contributed by atoms with van der Waals surface area (Å²) >= 11 is 0. The first-order chi connectivity index (χ1) is 13.6. The molecule has 1 aromatic carbocycles. The Bertz CT molecular complexity index is 783. The van der Waals surface area contributed by atoms with Gasteiger partial charge in [-0.2, -0.15) is 0 Å². The molecule has 2 aromatic rings. The van der Waals surface area contributed by atoms with Crippen LogP contribution < -0.4 is 25.0 Å². The molecule has 0 aliphatic carbocycles. The van der Waals surface area contributed by atoms with Gasteiger partial charge in [0.25, 0.3) is 0 Å². The largest absolute Gasteiger partial charge is 0.493 e. The van der Waals surface area contributed by atoms with Gasteiger partial charge in [0.05, 0.1) is 26.5 Å². The molecule has 2 rings (SSSR count). The second-order valence-corrected chi connectivity index (χ2v) is 6.44. The number of hydrogen-bond acceptors (Lipinski definition) is 5. The van der Waals surface area contributed by atoms with Gasteiger partial charge in [0, 0.05) is 27.2 Å². The fraction of sp³-hybridized carbons (Fsp3) is 0.429. The van der Waals surface area contributed by atoms with Crippen LogP contribution in [0.2, 0.25) is 0 Å². The van der Waals surface area contributed by atoms with E-state index in [2.05, 4.69) is 27.5 Å². The molecule has 0 spiro atoms. The molecule has 1 aromatic heterocycles. The van der Waals surface area contributed by atoms with Crippen LogP contribution in [0.25, 0.3) is 0 Å². The number of benzene rings is 1. The Morgan fingerprint density at radius 2 is 1.83 bits per heavy atom. The lowest BCUT2D eigenvalue weighted by Gasteiger charge is -2.13. The van der Waals surface area contributed by atoms with E-state index in [4.69, 9.17) is 9.47 Å². The van der Waals surface area contributed by atoms with Crippen molar-refractivity contribution in [1.29, 1.82) is 0 Å². The lowest BCUT2D eigenvalue weighted by atomic mass is 10.1. The van der Waals surface area contributed by atoms with Crippen LogP contribution >= 0.6 is 24.0 Å². The van der Waals surface area contributed by atoms with E-state index in [9.17, 15) is 0 Å². The van der Waals surface area contributed by atoms with Crippen molar-refractivity contribution >= 4 is 35.8 Å². The highest BCUT2D eigenvalue weighted by molar-refractivity contribution is 14.0. The predicted molar refractivity (Wildman–Crippen MR) is 130 cm³/mol. The highest BCUT2D eigenvalue weighted by atomic mass is 127. The van der Waals surface area contributed by atoms with Gasteiger partial charge in [-0.15, -0.1) is 24.0 Å². The second kappa shape index (κ2) is 13.1. The molecule has 8 heteroatoms. The van der Waals surface area contributed by atoms with Crippen LogP contribution in [0.15, 0.2) is 41.4 Å². The minimum atomic E-state index is 0. The van der Waals surface area contributed by atoms with Crippen LogP contribution in [0.3, 0.4) is 0 Å². The van der Waals surface area contributed by atoms with Gasteiger partial charge in [-0.3, -0.25) is 0 Å². The molecule has 0 amide bonds. The number of halogens is 1. The van der Waals surface area contributed by atoms with Gasteiger partial charge >= 0.3 is 0 Å². The van der Waals surface area contributed by atoms with Crippen molar-refractivity contribution in [3.63, 3.8) is 0 Å². The third-order valence-corrected chi connectivity index (χ3v) is 4.15. The van der Waals surface area contributed by atoms with E-state index in [0.29, 0.717) is 6.54 Å². The molecular weight excluding hydrogens is 481 g/mol. The van der Waals surface area contributed by atoms with Crippen LogP contribution in [-0.4, -0.2) is 52.3 Å². The van der Waals surface area contributed by atoms with Crippen molar-refractivity contribution < 1.29 is 9.47 Å². The maximum Gasteiger partial charge on any atom is 0.191 e. The van der Waals surface area contributed by atoms with E-state index in [0.717, 1.165) is 48.5 Å². The average Bonchev–Trinajstić information content (AvgIpc) is 2.72. The zero-order valence-corrected chi connectivity index (χ0v) is 20.2. The number of nitrogens with zero attached hydrogens (tertiary/aromatic N) is 3. The van der Waals surface area contributed by atoms with Gasteiger partial charge in [0.2, 0.25) is 0 Å². The van der Waals surface area contributed by atoms with Crippen molar-refractivity contribution in [3.05, 3.63) is 47.7 Å². The molecule has 0 aliphatic rings. The van der Waals surface area contributed by atoms with Gasteiger partial charge in [0.1, 0.15) is 5.82 Å².